The number of rotatable bonds is 7. The number of hydrogen-bond acceptors (Lipinski definition) is 3. The van der Waals surface area contributed by atoms with Gasteiger partial charge in [0, 0.05) is 17.8 Å². The lowest BCUT2D eigenvalue weighted by molar-refractivity contribution is 0.102. The molecule has 3 rings (SSSR count). The Hall–Kier alpha value is -2.96. The van der Waals surface area contributed by atoms with Crippen molar-refractivity contribution in [2.24, 2.45) is 0 Å². The smallest absolute Gasteiger partial charge is 0.255 e. The highest BCUT2D eigenvalue weighted by Crippen LogP contribution is 2.15. The van der Waals surface area contributed by atoms with E-state index in [-0.39, 0.29) is 17.3 Å². The molecule has 0 unspecified atom stereocenters. The molecule has 2 N–H and O–H groups in total. The predicted octanol–water partition coefficient (Wildman–Crippen LogP) is 3.98. The van der Waals surface area contributed by atoms with Crippen LogP contribution in [0.5, 0.6) is 0 Å². The molecule has 0 saturated heterocycles. The average Bonchev–Trinajstić information content (AvgIpc) is 2.74. The molecular formula is C22H22N2O3S. The molecule has 0 saturated carbocycles. The van der Waals surface area contributed by atoms with Gasteiger partial charge in [0.05, 0.1) is 4.90 Å². The zero-order chi connectivity index (χ0) is 20.0. The van der Waals surface area contributed by atoms with Crippen LogP contribution in [-0.2, 0) is 23.0 Å². The summed E-state index contributed by atoms with van der Waals surface area (Å²) >= 11 is 0. The van der Waals surface area contributed by atoms with E-state index in [1.165, 1.54) is 29.8 Å². The van der Waals surface area contributed by atoms with Gasteiger partial charge in [-0.05, 0) is 53.9 Å². The van der Waals surface area contributed by atoms with E-state index in [9.17, 15) is 13.2 Å². The minimum atomic E-state index is -3.65. The normalized spacial score (nSPS) is 11.2. The number of carbonyl (C=O) groups excluding carboxylic acids is 1. The van der Waals surface area contributed by atoms with Gasteiger partial charge in [0.1, 0.15) is 0 Å². The highest BCUT2D eigenvalue weighted by Gasteiger charge is 2.15. The molecule has 0 aliphatic heterocycles. The Morgan fingerprint density at radius 3 is 2.07 bits per heavy atom. The first-order valence-corrected chi connectivity index (χ1v) is 10.5. The molecule has 5 nitrogen and oxygen atoms in total. The summed E-state index contributed by atoms with van der Waals surface area (Å²) in [4.78, 5) is 12.5. The number of anilines is 1. The van der Waals surface area contributed by atoms with Gasteiger partial charge in [-0.15, -0.1) is 0 Å². The molecule has 0 bridgehead atoms. The molecule has 0 atom stereocenters. The Morgan fingerprint density at radius 1 is 0.821 bits per heavy atom. The van der Waals surface area contributed by atoms with E-state index in [2.05, 4.69) is 17.0 Å². The zero-order valence-corrected chi connectivity index (χ0v) is 16.4. The number of hydrogen-bond donors (Lipinski definition) is 2. The molecule has 0 aliphatic carbocycles. The lowest BCUT2D eigenvalue weighted by Crippen LogP contribution is -2.23. The molecule has 0 spiro atoms. The summed E-state index contributed by atoms with van der Waals surface area (Å²) in [7, 11) is -3.65. The molecule has 0 aliphatic rings. The second-order valence-corrected chi connectivity index (χ2v) is 8.11. The van der Waals surface area contributed by atoms with E-state index < -0.39 is 10.0 Å². The molecule has 144 valence electrons. The van der Waals surface area contributed by atoms with E-state index in [1.54, 1.807) is 0 Å². The lowest BCUT2D eigenvalue weighted by atomic mass is 10.1. The second kappa shape index (κ2) is 8.82. The quantitative estimate of drug-likeness (QED) is 0.636. The largest absolute Gasteiger partial charge is 0.322 e. The molecule has 0 aromatic heterocycles. The third-order valence-electron chi connectivity index (χ3n) is 4.36. The summed E-state index contributed by atoms with van der Waals surface area (Å²) < 4.78 is 27.4. The van der Waals surface area contributed by atoms with E-state index in [0.717, 1.165) is 12.0 Å². The van der Waals surface area contributed by atoms with Crippen molar-refractivity contribution in [1.82, 2.24) is 4.72 Å². The van der Waals surface area contributed by atoms with Gasteiger partial charge in [-0.2, -0.15) is 0 Å². The molecule has 28 heavy (non-hydrogen) atoms. The van der Waals surface area contributed by atoms with E-state index in [1.807, 2.05) is 54.6 Å². The van der Waals surface area contributed by atoms with E-state index >= 15 is 0 Å². The Balaban J connectivity index is 1.65. The molecule has 3 aromatic carbocycles. The van der Waals surface area contributed by atoms with Gasteiger partial charge in [-0.3, -0.25) is 4.79 Å². The first kappa shape index (κ1) is 19.8. The van der Waals surface area contributed by atoms with Crippen molar-refractivity contribution in [2.75, 3.05) is 5.32 Å². The van der Waals surface area contributed by atoms with Crippen LogP contribution >= 0.6 is 0 Å². The summed E-state index contributed by atoms with van der Waals surface area (Å²) in [5.74, 6) is -0.287. The third kappa shape index (κ3) is 5.06. The SMILES string of the molecule is CCc1ccc(NC(=O)c2ccc(S(=O)(=O)NCc3ccccc3)cc2)cc1. The van der Waals surface area contributed by atoms with Crippen molar-refractivity contribution < 1.29 is 13.2 Å². The minimum Gasteiger partial charge on any atom is -0.322 e. The second-order valence-electron chi connectivity index (χ2n) is 6.34. The van der Waals surface area contributed by atoms with Gasteiger partial charge in [-0.1, -0.05) is 49.4 Å². The molecule has 0 heterocycles. The lowest BCUT2D eigenvalue weighted by Gasteiger charge is -2.09. The van der Waals surface area contributed by atoms with Crippen LogP contribution in [0.3, 0.4) is 0 Å². The van der Waals surface area contributed by atoms with E-state index in [0.29, 0.717) is 11.3 Å². The Labute approximate surface area is 165 Å². The zero-order valence-electron chi connectivity index (χ0n) is 15.6. The first-order valence-electron chi connectivity index (χ1n) is 9.02. The summed E-state index contributed by atoms with van der Waals surface area (Å²) in [6, 6.07) is 22.8. The van der Waals surface area contributed by atoms with Gasteiger partial charge in [0.25, 0.3) is 5.91 Å². The van der Waals surface area contributed by atoms with Gasteiger partial charge < -0.3 is 5.32 Å². The van der Waals surface area contributed by atoms with Crippen LogP contribution in [0.2, 0.25) is 0 Å². The number of sulfonamides is 1. The van der Waals surface area contributed by atoms with Gasteiger partial charge in [-0.25, -0.2) is 13.1 Å². The number of carbonyl (C=O) groups is 1. The first-order chi connectivity index (χ1) is 13.5. The maximum absolute atomic E-state index is 12.4. The van der Waals surface area contributed by atoms with Crippen LogP contribution < -0.4 is 10.0 Å². The molecule has 0 fully saturated rings. The topological polar surface area (TPSA) is 75.3 Å². The number of amides is 1. The van der Waals surface area contributed by atoms with Crippen molar-refractivity contribution in [3.05, 3.63) is 95.6 Å². The monoisotopic (exact) mass is 394 g/mol. The van der Waals surface area contributed by atoms with Crippen LogP contribution in [0.1, 0.15) is 28.4 Å². The fourth-order valence-electron chi connectivity index (χ4n) is 2.67. The highest BCUT2D eigenvalue weighted by atomic mass is 32.2. The number of aryl methyl sites for hydroxylation is 1. The molecule has 1 amide bonds. The van der Waals surface area contributed by atoms with Crippen molar-refractivity contribution in [2.45, 2.75) is 24.8 Å². The van der Waals surface area contributed by atoms with E-state index in [4.69, 9.17) is 0 Å². The van der Waals surface area contributed by atoms with Crippen molar-refractivity contribution >= 4 is 21.6 Å². The van der Waals surface area contributed by atoms with Crippen LogP contribution in [0.4, 0.5) is 5.69 Å². The van der Waals surface area contributed by atoms with Crippen LogP contribution in [0.15, 0.2) is 83.8 Å². The Bertz CT molecular complexity index is 1030. The van der Waals surface area contributed by atoms with Crippen molar-refractivity contribution in [3.8, 4) is 0 Å². The summed E-state index contributed by atoms with van der Waals surface area (Å²) in [5.41, 5.74) is 3.15. The maximum atomic E-state index is 12.4. The molecule has 0 radical (unpaired) electrons. The number of nitrogens with one attached hydrogen (secondary N) is 2. The summed E-state index contributed by atoms with van der Waals surface area (Å²) in [5, 5.41) is 2.81. The fourth-order valence-corrected chi connectivity index (χ4v) is 3.69. The van der Waals surface area contributed by atoms with Crippen molar-refractivity contribution in [3.63, 3.8) is 0 Å². The predicted molar refractivity (Wildman–Crippen MR) is 111 cm³/mol. The maximum Gasteiger partial charge on any atom is 0.255 e. The Kier molecular flexibility index (Phi) is 6.23. The number of benzene rings is 3. The van der Waals surface area contributed by atoms with Gasteiger partial charge in [0.2, 0.25) is 10.0 Å². The Morgan fingerprint density at radius 2 is 1.46 bits per heavy atom. The van der Waals surface area contributed by atoms with Crippen LogP contribution in [0.25, 0.3) is 0 Å². The third-order valence-corrected chi connectivity index (χ3v) is 5.77. The standard InChI is InChI=1S/C22H22N2O3S/c1-2-17-8-12-20(13-9-17)24-22(25)19-10-14-21(15-11-19)28(26,27)23-16-18-6-4-3-5-7-18/h3-15,23H,2,16H2,1H3,(H,24,25). The van der Waals surface area contributed by atoms with Crippen LogP contribution in [0, 0.1) is 0 Å². The highest BCUT2D eigenvalue weighted by molar-refractivity contribution is 7.89. The minimum absolute atomic E-state index is 0.118. The molecule has 3 aromatic rings. The molecular weight excluding hydrogens is 372 g/mol. The average molecular weight is 394 g/mol. The fraction of sp³-hybridized carbons (Fsp3) is 0.136. The van der Waals surface area contributed by atoms with Crippen LogP contribution in [-0.4, -0.2) is 14.3 Å². The van der Waals surface area contributed by atoms with Gasteiger partial charge in [0.15, 0.2) is 0 Å². The van der Waals surface area contributed by atoms with Crippen molar-refractivity contribution in [1.29, 1.82) is 0 Å². The van der Waals surface area contributed by atoms with Gasteiger partial charge >= 0.3 is 0 Å². The summed E-state index contributed by atoms with van der Waals surface area (Å²) in [6.45, 7) is 2.27. The molecule has 6 heteroatoms. The summed E-state index contributed by atoms with van der Waals surface area (Å²) in [6.07, 6.45) is 0.933.